The van der Waals surface area contributed by atoms with Gasteiger partial charge in [-0.1, -0.05) is 23.7 Å². The van der Waals surface area contributed by atoms with E-state index in [0.717, 1.165) is 10.0 Å². The lowest BCUT2D eigenvalue weighted by Crippen LogP contribution is -2.21. The number of ether oxygens (including phenoxy) is 1. The Morgan fingerprint density at radius 2 is 2.10 bits per heavy atom. The molecule has 0 aliphatic heterocycles. The Morgan fingerprint density at radius 3 is 2.76 bits per heavy atom. The molecule has 2 rings (SSSR count). The summed E-state index contributed by atoms with van der Waals surface area (Å²) in [6, 6.07) is 10.5. The van der Waals surface area contributed by atoms with E-state index in [2.05, 4.69) is 21.2 Å². The second-order valence-corrected chi connectivity index (χ2v) is 5.72. The number of rotatable bonds is 4. The molecule has 21 heavy (non-hydrogen) atoms. The van der Waals surface area contributed by atoms with E-state index in [4.69, 9.17) is 22.1 Å². The first-order valence-corrected chi connectivity index (χ1v) is 7.37. The van der Waals surface area contributed by atoms with Gasteiger partial charge < -0.3 is 15.8 Å². The average Bonchev–Trinajstić information content (AvgIpc) is 2.42. The molecule has 0 bridgehead atoms. The van der Waals surface area contributed by atoms with E-state index in [1.807, 2.05) is 6.92 Å². The van der Waals surface area contributed by atoms with Crippen LogP contribution in [0.3, 0.4) is 0 Å². The maximum absolute atomic E-state index is 12.0. The van der Waals surface area contributed by atoms with E-state index < -0.39 is 0 Å². The second kappa shape index (κ2) is 6.83. The Morgan fingerprint density at radius 1 is 1.38 bits per heavy atom. The number of para-hydroxylation sites is 1. The summed E-state index contributed by atoms with van der Waals surface area (Å²) in [5.74, 6) is 0.200. The number of nitrogens with two attached hydrogens (primary N) is 1. The van der Waals surface area contributed by atoms with Gasteiger partial charge in [-0.2, -0.15) is 0 Å². The number of hydrogen-bond acceptors (Lipinski definition) is 3. The molecule has 2 aromatic rings. The van der Waals surface area contributed by atoms with E-state index >= 15 is 0 Å². The minimum atomic E-state index is -0.275. The zero-order valence-electron chi connectivity index (χ0n) is 11.3. The number of carbonyl (C=O) groups is 1. The predicted octanol–water partition coefficient (Wildman–Crippen LogP) is 4.01. The quantitative estimate of drug-likeness (QED) is 0.800. The summed E-state index contributed by atoms with van der Waals surface area (Å²) in [6.45, 7) is 1.74. The minimum Gasteiger partial charge on any atom is -0.482 e. The van der Waals surface area contributed by atoms with Gasteiger partial charge in [0, 0.05) is 10.2 Å². The predicted molar refractivity (Wildman–Crippen MR) is 88.9 cm³/mol. The third kappa shape index (κ3) is 4.12. The molecule has 3 N–H and O–H groups in total. The third-order valence-corrected chi connectivity index (χ3v) is 3.71. The number of benzene rings is 2. The topological polar surface area (TPSA) is 64.3 Å². The van der Waals surface area contributed by atoms with Crippen LogP contribution < -0.4 is 15.8 Å². The van der Waals surface area contributed by atoms with Crippen LogP contribution in [0.1, 0.15) is 5.56 Å². The average molecular weight is 370 g/mol. The Balaban J connectivity index is 2.01. The van der Waals surface area contributed by atoms with Crippen molar-refractivity contribution in [1.29, 1.82) is 0 Å². The highest BCUT2D eigenvalue weighted by molar-refractivity contribution is 9.10. The van der Waals surface area contributed by atoms with Crippen molar-refractivity contribution in [2.75, 3.05) is 17.7 Å². The third-order valence-electron chi connectivity index (χ3n) is 2.77. The summed E-state index contributed by atoms with van der Waals surface area (Å²) >= 11 is 9.34. The highest BCUT2D eigenvalue weighted by atomic mass is 79.9. The molecular weight excluding hydrogens is 356 g/mol. The zero-order chi connectivity index (χ0) is 15.4. The summed E-state index contributed by atoms with van der Waals surface area (Å²) in [7, 11) is 0. The van der Waals surface area contributed by atoms with Crippen LogP contribution >= 0.6 is 27.5 Å². The van der Waals surface area contributed by atoms with Crippen LogP contribution in [0.5, 0.6) is 5.75 Å². The van der Waals surface area contributed by atoms with Crippen molar-refractivity contribution in [2.45, 2.75) is 6.92 Å². The van der Waals surface area contributed by atoms with Gasteiger partial charge in [-0.05, 0) is 52.7 Å². The number of aryl methyl sites for hydroxylation is 1. The van der Waals surface area contributed by atoms with Crippen molar-refractivity contribution in [2.24, 2.45) is 0 Å². The first-order chi connectivity index (χ1) is 9.97. The monoisotopic (exact) mass is 368 g/mol. The highest BCUT2D eigenvalue weighted by Gasteiger charge is 2.10. The lowest BCUT2D eigenvalue weighted by molar-refractivity contribution is -0.118. The molecule has 0 fully saturated rings. The van der Waals surface area contributed by atoms with Gasteiger partial charge in [0.1, 0.15) is 5.75 Å². The fourth-order valence-corrected chi connectivity index (χ4v) is 2.68. The molecule has 0 atom stereocenters. The second-order valence-electron chi connectivity index (χ2n) is 4.46. The number of nitrogens with one attached hydrogen (secondary N) is 1. The van der Waals surface area contributed by atoms with E-state index in [-0.39, 0.29) is 12.5 Å². The number of anilines is 2. The van der Waals surface area contributed by atoms with Gasteiger partial charge in [0.05, 0.1) is 10.7 Å². The van der Waals surface area contributed by atoms with Gasteiger partial charge in [-0.25, -0.2) is 0 Å². The summed E-state index contributed by atoms with van der Waals surface area (Å²) < 4.78 is 6.12. The summed E-state index contributed by atoms with van der Waals surface area (Å²) in [6.07, 6.45) is 0. The van der Waals surface area contributed by atoms with Crippen LogP contribution in [0.15, 0.2) is 40.9 Å². The summed E-state index contributed by atoms with van der Waals surface area (Å²) in [5, 5.41) is 3.25. The van der Waals surface area contributed by atoms with Crippen LogP contribution in [0.25, 0.3) is 0 Å². The Bertz CT molecular complexity index is 653. The first-order valence-electron chi connectivity index (χ1n) is 6.20. The lowest BCUT2D eigenvalue weighted by atomic mass is 10.2. The maximum atomic E-state index is 12.0. The molecule has 0 aliphatic rings. The molecule has 0 unspecified atom stereocenters. The Labute approximate surface area is 136 Å². The molecule has 0 saturated carbocycles. The van der Waals surface area contributed by atoms with E-state index in [9.17, 15) is 4.79 Å². The Hall–Kier alpha value is -1.72. The largest absolute Gasteiger partial charge is 0.482 e. The molecule has 6 heteroatoms. The van der Waals surface area contributed by atoms with Gasteiger partial charge in [0.15, 0.2) is 6.61 Å². The molecule has 0 heterocycles. The minimum absolute atomic E-state index is 0.125. The molecule has 110 valence electrons. The van der Waals surface area contributed by atoms with Crippen LogP contribution in [-0.4, -0.2) is 12.5 Å². The van der Waals surface area contributed by atoms with Gasteiger partial charge in [0.25, 0.3) is 5.91 Å². The van der Waals surface area contributed by atoms with Crippen LogP contribution in [0.2, 0.25) is 5.02 Å². The fourth-order valence-electron chi connectivity index (χ4n) is 1.81. The van der Waals surface area contributed by atoms with Crippen molar-refractivity contribution >= 4 is 44.8 Å². The van der Waals surface area contributed by atoms with Crippen LogP contribution in [0, 0.1) is 6.92 Å². The summed E-state index contributed by atoms with van der Waals surface area (Å²) in [5.41, 5.74) is 7.90. The maximum Gasteiger partial charge on any atom is 0.262 e. The molecule has 0 saturated heterocycles. The van der Waals surface area contributed by atoms with E-state index in [1.165, 1.54) is 0 Å². The van der Waals surface area contributed by atoms with Gasteiger partial charge in [-0.3, -0.25) is 4.79 Å². The number of amides is 1. The van der Waals surface area contributed by atoms with Gasteiger partial charge in [0.2, 0.25) is 0 Å². The molecule has 0 spiro atoms. The van der Waals surface area contributed by atoms with Crippen molar-refractivity contribution < 1.29 is 9.53 Å². The normalized spacial score (nSPS) is 10.2. The van der Waals surface area contributed by atoms with Gasteiger partial charge >= 0.3 is 0 Å². The van der Waals surface area contributed by atoms with Gasteiger partial charge in [-0.15, -0.1) is 0 Å². The highest BCUT2D eigenvalue weighted by Crippen LogP contribution is 2.29. The fraction of sp³-hybridized carbons (Fsp3) is 0.133. The van der Waals surface area contributed by atoms with E-state index in [1.54, 1.807) is 36.4 Å². The Kier molecular flexibility index (Phi) is 5.09. The molecule has 0 aliphatic carbocycles. The van der Waals surface area contributed by atoms with Crippen molar-refractivity contribution in [3.05, 3.63) is 51.5 Å². The zero-order valence-corrected chi connectivity index (χ0v) is 13.7. The number of nitrogen functional groups attached to an aromatic ring is 1. The summed E-state index contributed by atoms with van der Waals surface area (Å²) in [4.78, 5) is 12.0. The first kappa shape index (κ1) is 15.7. The smallest absolute Gasteiger partial charge is 0.262 e. The molecule has 1 amide bonds. The lowest BCUT2D eigenvalue weighted by Gasteiger charge is -2.12. The van der Waals surface area contributed by atoms with Crippen LogP contribution in [0.4, 0.5) is 11.4 Å². The number of carbonyl (C=O) groups excluding carboxylic acids is 1. The molecule has 0 radical (unpaired) electrons. The van der Waals surface area contributed by atoms with Crippen LogP contribution in [-0.2, 0) is 4.79 Å². The van der Waals surface area contributed by atoms with E-state index in [0.29, 0.717) is 22.1 Å². The van der Waals surface area contributed by atoms with Crippen molar-refractivity contribution in [3.63, 3.8) is 0 Å². The molecular formula is C15H14BrClN2O2. The molecule has 0 aromatic heterocycles. The molecule has 4 nitrogen and oxygen atoms in total. The number of halogens is 2. The standard InChI is InChI=1S/C15H14BrClN2O2/c1-9-6-10(18)7-11(16)15(9)19-14(20)8-21-13-5-3-2-4-12(13)17/h2-7H,8,18H2,1H3,(H,19,20). The van der Waals surface area contributed by atoms with Crippen molar-refractivity contribution in [3.8, 4) is 5.75 Å². The van der Waals surface area contributed by atoms with Crippen molar-refractivity contribution in [1.82, 2.24) is 0 Å². The number of hydrogen-bond donors (Lipinski definition) is 2. The molecule has 2 aromatic carbocycles. The SMILES string of the molecule is Cc1cc(N)cc(Br)c1NC(=O)COc1ccccc1Cl.